The van der Waals surface area contributed by atoms with Crippen molar-refractivity contribution in [1.29, 1.82) is 0 Å². The first kappa shape index (κ1) is 12.2. The minimum absolute atomic E-state index is 0.0149. The molecule has 1 aromatic rings. The third-order valence-corrected chi connectivity index (χ3v) is 4.22. The monoisotopic (exact) mass is 259 g/mol. The third-order valence-electron chi connectivity index (χ3n) is 4.22. The highest BCUT2D eigenvalue weighted by Gasteiger charge is 2.38. The molecule has 0 aromatic heterocycles. The van der Waals surface area contributed by atoms with E-state index in [1.54, 1.807) is 4.90 Å². The molecule has 3 rings (SSSR count). The predicted octanol–water partition coefficient (Wildman–Crippen LogP) is 1.48. The number of hydrogen-bond acceptors (Lipinski definition) is 2. The van der Waals surface area contributed by atoms with Gasteiger partial charge in [0.25, 0.3) is 0 Å². The maximum absolute atomic E-state index is 12.5. The first-order chi connectivity index (χ1) is 9.16. The van der Waals surface area contributed by atoms with E-state index < -0.39 is 12.0 Å². The van der Waals surface area contributed by atoms with Crippen molar-refractivity contribution < 1.29 is 14.7 Å². The first-order valence-electron chi connectivity index (χ1n) is 6.77. The molecule has 0 saturated carbocycles. The van der Waals surface area contributed by atoms with Crippen LogP contribution in [0, 0.1) is 5.92 Å². The molecule has 0 bridgehead atoms. The fourth-order valence-corrected chi connectivity index (χ4v) is 3.26. The maximum Gasteiger partial charge on any atom is 0.326 e. The van der Waals surface area contributed by atoms with Crippen molar-refractivity contribution in [3.05, 3.63) is 35.4 Å². The molecule has 19 heavy (non-hydrogen) atoms. The molecule has 1 N–H and O–H groups in total. The Hall–Kier alpha value is -1.84. The summed E-state index contributed by atoms with van der Waals surface area (Å²) in [5.74, 6) is -0.931. The number of carbonyl (C=O) groups is 2. The average molecular weight is 259 g/mol. The SMILES string of the molecule is O=C(O)[C@@H]1CCCN1C(=O)C1Cc2ccccc2C1. The number of carbonyl (C=O) groups excluding carboxylic acids is 1. The van der Waals surface area contributed by atoms with Gasteiger partial charge in [-0.05, 0) is 36.8 Å². The minimum Gasteiger partial charge on any atom is -0.480 e. The van der Waals surface area contributed by atoms with Gasteiger partial charge in [0.05, 0.1) is 0 Å². The lowest BCUT2D eigenvalue weighted by atomic mass is 10.0. The van der Waals surface area contributed by atoms with Crippen LogP contribution in [-0.4, -0.2) is 34.5 Å². The number of hydrogen-bond donors (Lipinski definition) is 1. The van der Waals surface area contributed by atoms with Crippen molar-refractivity contribution in [3.8, 4) is 0 Å². The van der Waals surface area contributed by atoms with Gasteiger partial charge in [-0.1, -0.05) is 24.3 Å². The largest absolute Gasteiger partial charge is 0.480 e. The van der Waals surface area contributed by atoms with Gasteiger partial charge in [0.2, 0.25) is 5.91 Å². The summed E-state index contributed by atoms with van der Waals surface area (Å²) in [5, 5.41) is 9.16. The fraction of sp³-hybridized carbons (Fsp3) is 0.467. The van der Waals surface area contributed by atoms with E-state index in [0.717, 1.165) is 19.3 Å². The highest BCUT2D eigenvalue weighted by Crippen LogP contribution is 2.30. The molecule has 0 radical (unpaired) electrons. The van der Waals surface area contributed by atoms with Gasteiger partial charge in [0.15, 0.2) is 0 Å². The second-order valence-corrected chi connectivity index (χ2v) is 5.40. The highest BCUT2D eigenvalue weighted by atomic mass is 16.4. The van der Waals surface area contributed by atoms with Gasteiger partial charge in [-0.3, -0.25) is 4.79 Å². The van der Waals surface area contributed by atoms with Crippen molar-refractivity contribution in [2.24, 2.45) is 5.92 Å². The number of rotatable bonds is 2. The van der Waals surface area contributed by atoms with Gasteiger partial charge < -0.3 is 10.0 Å². The molecule has 1 aromatic carbocycles. The van der Waals surface area contributed by atoms with E-state index in [2.05, 4.69) is 12.1 Å². The molecule has 1 fully saturated rings. The molecule has 1 saturated heterocycles. The number of likely N-dealkylation sites (tertiary alicyclic amines) is 1. The number of fused-ring (bicyclic) bond motifs is 1. The van der Waals surface area contributed by atoms with Gasteiger partial charge in [-0.25, -0.2) is 4.79 Å². The van der Waals surface area contributed by atoms with E-state index >= 15 is 0 Å². The Balaban J connectivity index is 1.74. The molecule has 1 amide bonds. The minimum atomic E-state index is -0.874. The lowest BCUT2D eigenvalue weighted by Crippen LogP contribution is -2.43. The van der Waals surface area contributed by atoms with Crippen LogP contribution in [0.1, 0.15) is 24.0 Å². The van der Waals surface area contributed by atoms with E-state index in [1.165, 1.54) is 11.1 Å². The number of carboxylic acids is 1. The summed E-state index contributed by atoms with van der Waals surface area (Å²) in [6.45, 7) is 0.586. The van der Waals surface area contributed by atoms with Crippen LogP contribution in [0.4, 0.5) is 0 Å². The average Bonchev–Trinajstić information content (AvgIpc) is 3.04. The Morgan fingerprint density at radius 1 is 1.16 bits per heavy atom. The van der Waals surface area contributed by atoms with Crippen molar-refractivity contribution in [1.82, 2.24) is 4.90 Å². The van der Waals surface area contributed by atoms with Crippen molar-refractivity contribution in [2.75, 3.05) is 6.54 Å². The number of carboxylic acid groups (broad SMARTS) is 1. The van der Waals surface area contributed by atoms with E-state index in [9.17, 15) is 9.59 Å². The fourth-order valence-electron chi connectivity index (χ4n) is 3.26. The second-order valence-electron chi connectivity index (χ2n) is 5.40. The quantitative estimate of drug-likeness (QED) is 0.875. The smallest absolute Gasteiger partial charge is 0.326 e. The molecule has 1 aliphatic carbocycles. The molecule has 1 heterocycles. The Kier molecular flexibility index (Phi) is 3.01. The Morgan fingerprint density at radius 3 is 2.37 bits per heavy atom. The van der Waals surface area contributed by atoms with Crippen molar-refractivity contribution in [3.63, 3.8) is 0 Å². The molecule has 1 atom stereocenters. The zero-order valence-corrected chi connectivity index (χ0v) is 10.7. The zero-order valence-electron chi connectivity index (χ0n) is 10.7. The van der Waals surface area contributed by atoms with E-state index in [1.807, 2.05) is 12.1 Å². The number of aliphatic carboxylic acids is 1. The van der Waals surface area contributed by atoms with Crippen molar-refractivity contribution >= 4 is 11.9 Å². The zero-order chi connectivity index (χ0) is 13.4. The summed E-state index contributed by atoms with van der Waals surface area (Å²) >= 11 is 0. The van der Waals surface area contributed by atoms with Gasteiger partial charge >= 0.3 is 5.97 Å². The lowest BCUT2D eigenvalue weighted by molar-refractivity contribution is -0.149. The van der Waals surface area contributed by atoms with Gasteiger partial charge in [0, 0.05) is 12.5 Å². The summed E-state index contributed by atoms with van der Waals surface area (Å²) in [6.07, 6.45) is 2.87. The topological polar surface area (TPSA) is 57.6 Å². The Labute approximate surface area is 112 Å². The summed E-state index contributed by atoms with van der Waals surface area (Å²) in [7, 11) is 0. The standard InChI is InChI=1S/C15H17NO3/c17-14(16-7-3-6-13(16)15(18)19)12-8-10-4-1-2-5-11(10)9-12/h1-2,4-5,12-13H,3,6-9H2,(H,18,19)/t13-/m0/s1. The third kappa shape index (κ3) is 2.11. The molecule has 100 valence electrons. The summed E-state index contributed by atoms with van der Waals surface area (Å²) in [5.41, 5.74) is 2.46. The van der Waals surface area contributed by atoms with Crippen LogP contribution in [-0.2, 0) is 22.4 Å². The van der Waals surface area contributed by atoms with Crippen LogP contribution in [0.25, 0.3) is 0 Å². The normalized spacial score (nSPS) is 22.5. The van der Waals surface area contributed by atoms with Crippen LogP contribution >= 0.6 is 0 Å². The molecule has 2 aliphatic rings. The predicted molar refractivity (Wildman–Crippen MR) is 69.7 cm³/mol. The maximum atomic E-state index is 12.5. The highest BCUT2D eigenvalue weighted by molar-refractivity contribution is 5.86. The van der Waals surface area contributed by atoms with Gasteiger partial charge in [-0.2, -0.15) is 0 Å². The molecule has 4 heteroatoms. The molecule has 0 spiro atoms. The number of benzene rings is 1. The number of nitrogens with zero attached hydrogens (tertiary/aromatic N) is 1. The molecular formula is C15H17NO3. The van der Waals surface area contributed by atoms with E-state index in [4.69, 9.17) is 5.11 Å². The van der Waals surface area contributed by atoms with Crippen LogP contribution in [0.15, 0.2) is 24.3 Å². The van der Waals surface area contributed by atoms with Crippen molar-refractivity contribution in [2.45, 2.75) is 31.7 Å². The van der Waals surface area contributed by atoms with Crippen LogP contribution in [0.5, 0.6) is 0 Å². The first-order valence-corrected chi connectivity index (χ1v) is 6.77. The van der Waals surface area contributed by atoms with Gasteiger partial charge in [-0.15, -0.1) is 0 Å². The molecule has 4 nitrogen and oxygen atoms in total. The van der Waals surface area contributed by atoms with Crippen LogP contribution < -0.4 is 0 Å². The Bertz CT molecular complexity index is 501. The molecule has 1 aliphatic heterocycles. The summed E-state index contributed by atoms with van der Waals surface area (Å²) < 4.78 is 0. The summed E-state index contributed by atoms with van der Waals surface area (Å²) in [4.78, 5) is 25.2. The van der Waals surface area contributed by atoms with E-state index in [-0.39, 0.29) is 11.8 Å². The second kappa shape index (κ2) is 4.68. The van der Waals surface area contributed by atoms with Crippen LogP contribution in [0.3, 0.4) is 0 Å². The number of amides is 1. The summed E-state index contributed by atoms with van der Waals surface area (Å²) in [6, 6.07) is 7.47. The molecular weight excluding hydrogens is 242 g/mol. The van der Waals surface area contributed by atoms with Gasteiger partial charge in [0.1, 0.15) is 6.04 Å². The lowest BCUT2D eigenvalue weighted by Gasteiger charge is -2.24. The molecule has 0 unspecified atom stereocenters. The Morgan fingerprint density at radius 2 is 1.79 bits per heavy atom. The van der Waals surface area contributed by atoms with E-state index in [0.29, 0.717) is 13.0 Å². The van der Waals surface area contributed by atoms with Crippen LogP contribution in [0.2, 0.25) is 0 Å².